The maximum atomic E-state index is 13.8. The fourth-order valence-corrected chi connectivity index (χ4v) is 3.45. The fraction of sp³-hybridized carbons (Fsp3) is 0.538. The number of thioether (sulfide) groups is 1. The number of hydrogen-bond acceptors (Lipinski definition) is 3. The van der Waals surface area contributed by atoms with Gasteiger partial charge in [0.15, 0.2) is 0 Å². The minimum atomic E-state index is -0.413. The first-order valence-electron chi connectivity index (χ1n) is 6.12. The van der Waals surface area contributed by atoms with E-state index in [-0.39, 0.29) is 11.9 Å². The highest BCUT2D eigenvalue weighted by molar-refractivity contribution is 7.99. The van der Waals surface area contributed by atoms with Crippen molar-refractivity contribution < 1.29 is 8.78 Å². The predicted octanol–water partition coefficient (Wildman–Crippen LogP) is 2.40. The summed E-state index contributed by atoms with van der Waals surface area (Å²) in [5, 5.41) is 0. The lowest BCUT2D eigenvalue weighted by Gasteiger charge is -2.39. The lowest BCUT2D eigenvalue weighted by atomic mass is 10.0. The van der Waals surface area contributed by atoms with E-state index in [1.54, 1.807) is 0 Å². The average Bonchev–Trinajstić information content (AvgIpc) is 2.36. The van der Waals surface area contributed by atoms with Gasteiger partial charge in [-0.3, -0.25) is 4.90 Å². The first kappa shape index (κ1) is 13.8. The highest BCUT2D eigenvalue weighted by Crippen LogP contribution is 2.29. The molecular formula is C13H18F2N2S. The molecule has 0 aromatic heterocycles. The van der Waals surface area contributed by atoms with Crippen LogP contribution in [0.15, 0.2) is 18.2 Å². The van der Waals surface area contributed by atoms with Crippen molar-refractivity contribution in [1.82, 2.24) is 4.90 Å². The number of hydrogen-bond donors (Lipinski definition) is 1. The molecule has 0 bridgehead atoms. The van der Waals surface area contributed by atoms with Gasteiger partial charge in [-0.2, -0.15) is 11.8 Å². The first-order chi connectivity index (χ1) is 8.63. The zero-order valence-electron chi connectivity index (χ0n) is 10.4. The van der Waals surface area contributed by atoms with Gasteiger partial charge in [0.1, 0.15) is 11.6 Å². The molecule has 0 spiro atoms. The van der Waals surface area contributed by atoms with Gasteiger partial charge in [0.2, 0.25) is 0 Å². The number of nitrogens with zero attached hydrogens (tertiary/aromatic N) is 1. The molecule has 1 saturated heterocycles. The average molecular weight is 272 g/mol. The van der Waals surface area contributed by atoms with Crippen LogP contribution in [-0.2, 0) is 0 Å². The molecule has 2 atom stereocenters. The van der Waals surface area contributed by atoms with Gasteiger partial charge in [0.05, 0.1) is 6.04 Å². The van der Waals surface area contributed by atoms with Crippen molar-refractivity contribution in [2.75, 3.05) is 24.6 Å². The van der Waals surface area contributed by atoms with E-state index >= 15 is 0 Å². The molecule has 1 aromatic rings. The Bertz CT molecular complexity index is 414. The molecule has 18 heavy (non-hydrogen) atoms. The number of rotatable bonds is 3. The molecule has 1 aromatic carbocycles. The maximum Gasteiger partial charge on any atom is 0.128 e. The minimum absolute atomic E-state index is 0.239. The highest BCUT2D eigenvalue weighted by Gasteiger charge is 2.28. The molecule has 2 N–H and O–H groups in total. The summed E-state index contributed by atoms with van der Waals surface area (Å²) in [5.74, 6) is 1.23. The Hall–Kier alpha value is -0.650. The summed E-state index contributed by atoms with van der Waals surface area (Å²) < 4.78 is 27.1. The Morgan fingerprint density at radius 1 is 1.50 bits per heavy atom. The van der Waals surface area contributed by atoms with Gasteiger partial charge in [-0.05, 0) is 25.1 Å². The predicted molar refractivity (Wildman–Crippen MR) is 71.6 cm³/mol. The van der Waals surface area contributed by atoms with E-state index in [9.17, 15) is 8.78 Å². The van der Waals surface area contributed by atoms with Crippen LogP contribution in [0.1, 0.15) is 18.5 Å². The number of halogens is 2. The molecular weight excluding hydrogens is 254 g/mol. The Labute approximate surface area is 111 Å². The van der Waals surface area contributed by atoms with Crippen LogP contribution in [-0.4, -0.2) is 35.5 Å². The monoisotopic (exact) mass is 272 g/mol. The topological polar surface area (TPSA) is 29.3 Å². The molecule has 0 amide bonds. The van der Waals surface area contributed by atoms with Crippen LogP contribution in [0.3, 0.4) is 0 Å². The molecule has 1 heterocycles. The van der Waals surface area contributed by atoms with E-state index in [1.165, 1.54) is 12.1 Å². The van der Waals surface area contributed by atoms with Crippen LogP contribution in [0.5, 0.6) is 0 Å². The summed E-state index contributed by atoms with van der Waals surface area (Å²) >= 11 is 1.89. The Morgan fingerprint density at radius 2 is 2.28 bits per heavy atom. The van der Waals surface area contributed by atoms with Crippen molar-refractivity contribution in [3.8, 4) is 0 Å². The summed E-state index contributed by atoms with van der Waals surface area (Å²) in [6.07, 6.45) is 0. The first-order valence-corrected chi connectivity index (χ1v) is 7.27. The number of nitrogens with two attached hydrogens (primary N) is 1. The van der Waals surface area contributed by atoms with Crippen molar-refractivity contribution in [2.45, 2.75) is 19.0 Å². The Balaban J connectivity index is 2.29. The Kier molecular flexibility index (Phi) is 4.59. The molecule has 100 valence electrons. The molecule has 5 heteroatoms. The molecule has 2 nitrogen and oxygen atoms in total. The third kappa shape index (κ3) is 2.84. The lowest BCUT2D eigenvalue weighted by Crippen LogP contribution is -2.45. The van der Waals surface area contributed by atoms with Gasteiger partial charge in [-0.25, -0.2) is 8.78 Å². The largest absolute Gasteiger partial charge is 0.329 e. The quantitative estimate of drug-likeness (QED) is 0.916. The minimum Gasteiger partial charge on any atom is -0.329 e. The summed E-state index contributed by atoms with van der Waals surface area (Å²) in [6.45, 7) is 3.27. The van der Waals surface area contributed by atoms with Crippen LogP contribution in [0, 0.1) is 11.6 Å². The van der Waals surface area contributed by atoms with Crippen molar-refractivity contribution in [1.29, 1.82) is 0 Å². The lowest BCUT2D eigenvalue weighted by molar-refractivity contribution is 0.162. The SMILES string of the molecule is CC1CSCCN1C(CN)c1cc(F)ccc1F. The normalized spacial score (nSPS) is 23.0. The third-order valence-corrected chi connectivity index (χ3v) is 4.55. The molecule has 0 radical (unpaired) electrons. The van der Waals surface area contributed by atoms with Crippen LogP contribution >= 0.6 is 11.8 Å². The number of benzene rings is 1. The van der Waals surface area contributed by atoms with Gasteiger partial charge in [0.25, 0.3) is 0 Å². The van der Waals surface area contributed by atoms with E-state index in [4.69, 9.17) is 5.73 Å². The van der Waals surface area contributed by atoms with Crippen LogP contribution in [0.2, 0.25) is 0 Å². The molecule has 1 aliphatic rings. The Morgan fingerprint density at radius 3 is 2.94 bits per heavy atom. The van der Waals surface area contributed by atoms with Gasteiger partial charge in [-0.15, -0.1) is 0 Å². The summed E-state index contributed by atoms with van der Waals surface area (Å²) in [7, 11) is 0. The van der Waals surface area contributed by atoms with Crippen molar-refractivity contribution in [2.24, 2.45) is 5.73 Å². The third-order valence-electron chi connectivity index (χ3n) is 3.36. The van der Waals surface area contributed by atoms with E-state index in [2.05, 4.69) is 11.8 Å². The summed E-state index contributed by atoms with van der Waals surface area (Å²) in [5.41, 5.74) is 6.15. The summed E-state index contributed by atoms with van der Waals surface area (Å²) in [6, 6.07) is 3.68. The smallest absolute Gasteiger partial charge is 0.128 e. The van der Waals surface area contributed by atoms with Crippen LogP contribution in [0.4, 0.5) is 8.78 Å². The van der Waals surface area contributed by atoms with Crippen LogP contribution in [0.25, 0.3) is 0 Å². The standard InChI is InChI=1S/C13H18F2N2S/c1-9-8-18-5-4-17(9)13(7-16)11-6-10(14)2-3-12(11)15/h2-3,6,9,13H,4-5,7-8,16H2,1H3. The van der Waals surface area contributed by atoms with Gasteiger partial charge >= 0.3 is 0 Å². The molecule has 0 aliphatic carbocycles. The van der Waals surface area contributed by atoms with Crippen molar-refractivity contribution >= 4 is 11.8 Å². The zero-order valence-corrected chi connectivity index (χ0v) is 11.2. The van der Waals surface area contributed by atoms with E-state index in [0.717, 1.165) is 24.1 Å². The summed E-state index contributed by atoms with van der Waals surface area (Å²) in [4.78, 5) is 2.17. The molecule has 1 fully saturated rings. The van der Waals surface area contributed by atoms with E-state index < -0.39 is 5.82 Å². The molecule has 2 rings (SSSR count). The van der Waals surface area contributed by atoms with Gasteiger partial charge < -0.3 is 5.73 Å². The van der Waals surface area contributed by atoms with Crippen molar-refractivity contribution in [3.05, 3.63) is 35.4 Å². The fourth-order valence-electron chi connectivity index (χ4n) is 2.41. The van der Waals surface area contributed by atoms with Crippen LogP contribution < -0.4 is 5.73 Å². The van der Waals surface area contributed by atoms with E-state index in [1.807, 2.05) is 11.8 Å². The van der Waals surface area contributed by atoms with Gasteiger partial charge in [-0.1, -0.05) is 0 Å². The van der Waals surface area contributed by atoms with Crippen molar-refractivity contribution in [3.63, 3.8) is 0 Å². The molecule has 2 unspecified atom stereocenters. The second-order valence-corrected chi connectivity index (χ2v) is 5.73. The molecule has 1 aliphatic heterocycles. The zero-order chi connectivity index (χ0) is 13.1. The highest BCUT2D eigenvalue weighted by atomic mass is 32.2. The maximum absolute atomic E-state index is 13.8. The van der Waals surface area contributed by atoms with Gasteiger partial charge in [0, 0.05) is 36.2 Å². The van der Waals surface area contributed by atoms with E-state index in [0.29, 0.717) is 18.2 Å². The second-order valence-electron chi connectivity index (χ2n) is 4.58. The second kappa shape index (κ2) is 5.99. The molecule has 0 saturated carbocycles.